The lowest BCUT2D eigenvalue weighted by atomic mass is 10.1. The lowest BCUT2D eigenvalue weighted by Gasteiger charge is -2.26. The minimum Gasteiger partial charge on any atom is -0.379 e. The highest BCUT2D eigenvalue weighted by molar-refractivity contribution is 7.88. The maximum absolute atomic E-state index is 12.8. The second-order valence-corrected chi connectivity index (χ2v) is 10.4. The van der Waals surface area contributed by atoms with Gasteiger partial charge in [-0.1, -0.05) is 35.9 Å². The van der Waals surface area contributed by atoms with Gasteiger partial charge in [0.1, 0.15) is 0 Å². The van der Waals surface area contributed by atoms with Crippen LogP contribution in [0.4, 0.5) is 5.69 Å². The van der Waals surface area contributed by atoms with Crippen molar-refractivity contribution >= 4 is 39.1 Å². The van der Waals surface area contributed by atoms with Crippen LogP contribution < -0.4 is 10.2 Å². The number of carbonyl (C=O) groups excluding carboxylic acids is 2. The molecule has 33 heavy (non-hydrogen) atoms. The number of halogens is 1. The standard InChI is InChI=1S/C23H26ClN3O5S/c24-20-8-7-17(14-21(20)27-9-3-6-22(27)28)23(29)25-15-18-4-1-2-5-19(18)16-33(30,31)26-10-12-32-13-11-26/h1-2,4-5,7-8,14H,3,6,9-13,15-16H2,(H,25,29). The van der Waals surface area contributed by atoms with Crippen LogP contribution in [-0.4, -0.2) is 57.4 Å². The molecule has 2 fully saturated rings. The van der Waals surface area contributed by atoms with Crippen molar-refractivity contribution in [1.82, 2.24) is 9.62 Å². The molecule has 0 spiro atoms. The van der Waals surface area contributed by atoms with Crippen molar-refractivity contribution in [2.24, 2.45) is 0 Å². The Morgan fingerprint density at radius 2 is 1.79 bits per heavy atom. The fourth-order valence-corrected chi connectivity index (χ4v) is 5.81. The number of carbonyl (C=O) groups is 2. The predicted molar refractivity (Wildman–Crippen MR) is 126 cm³/mol. The van der Waals surface area contributed by atoms with Crippen molar-refractivity contribution in [3.8, 4) is 0 Å². The van der Waals surface area contributed by atoms with Crippen LogP contribution in [-0.2, 0) is 31.9 Å². The molecule has 0 unspecified atom stereocenters. The van der Waals surface area contributed by atoms with Crippen molar-refractivity contribution in [1.29, 1.82) is 0 Å². The van der Waals surface area contributed by atoms with E-state index in [2.05, 4.69) is 5.32 Å². The molecule has 8 nitrogen and oxygen atoms in total. The summed E-state index contributed by atoms with van der Waals surface area (Å²) in [5, 5.41) is 3.27. The smallest absolute Gasteiger partial charge is 0.251 e. The summed E-state index contributed by atoms with van der Waals surface area (Å²) < 4.78 is 32.3. The highest BCUT2D eigenvalue weighted by Gasteiger charge is 2.26. The number of nitrogens with zero attached hydrogens (tertiary/aromatic N) is 2. The van der Waals surface area contributed by atoms with Crippen LogP contribution in [0, 0.1) is 0 Å². The largest absolute Gasteiger partial charge is 0.379 e. The SMILES string of the molecule is O=C(NCc1ccccc1CS(=O)(=O)N1CCOCC1)c1ccc(Cl)c(N2CCCC2=O)c1. The summed E-state index contributed by atoms with van der Waals surface area (Å²) in [6.07, 6.45) is 1.23. The van der Waals surface area contributed by atoms with Gasteiger partial charge >= 0.3 is 0 Å². The van der Waals surface area contributed by atoms with Gasteiger partial charge < -0.3 is 15.0 Å². The van der Waals surface area contributed by atoms with Crippen molar-refractivity contribution in [2.45, 2.75) is 25.1 Å². The molecule has 4 rings (SSSR count). The molecule has 1 N–H and O–H groups in total. The third kappa shape index (κ3) is 5.55. The molecule has 2 aliphatic rings. The number of morpholine rings is 1. The number of amides is 2. The van der Waals surface area contributed by atoms with Gasteiger partial charge in [-0.3, -0.25) is 9.59 Å². The van der Waals surface area contributed by atoms with Crippen LogP contribution >= 0.6 is 11.6 Å². The van der Waals surface area contributed by atoms with Gasteiger partial charge in [-0.2, -0.15) is 4.31 Å². The highest BCUT2D eigenvalue weighted by atomic mass is 35.5. The summed E-state index contributed by atoms with van der Waals surface area (Å²) in [6, 6.07) is 12.0. The summed E-state index contributed by atoms with van der Waals surface area (Å²) in [5.41, 5.74) is 2.28. The van der Waals surface area contributed by atoms with E-state index in [1.165, 1.54) is 4.31 Å². The first-order chi connectivity index (χ1) is 15.8. The number of benzene rings is 2. The Morgan fingerprint density at radius 1 is 1.06 bits per heavy atom. The number of hydrogen-bond acceptors (Lipinski definition) is 5. The molecule has 2 amide bonds. The lowest BCUT2D eigenvalue weighted by Crippen LogP contribution is -2.41. The zero-order valence-corrected chi connectivity index (χ0v) is 19.7. The molecule has 10 heteroatoms. The summed E-state index contributed by atoms with van der Waals surface area (Å²) in [4.78, 5) is 26.5. The van der Waals surface area contributed by atoms with Gasteiger partial charge in [-0.15, -0.1) is 0 Å². The van der Waals surface area contributed by atoms with Crippen LogP contribution in [0.25, 0.3) is 0 Å². The first-order valence-electron chi connectivity index (χ1n) is 10.9. The third-order valence-corrected chi connectivity index (χ3v) is 7.98. The Balaban J connectivity index is 1.46. The van der Waals surface area contributed by atoms with Crippen LogP contribution in [0.1, 0.15) is 34.3 Å². The molecular formula is C23H26ClN3O5S. The predicted octanol–water partition coefficient (Wildman–Crippen LogP) is 2.56. The van der Waals surface area contributed by atoms with Gasteiger partial charge in [-0.25, -0.2) is 8.42 Å². The van der Waals surface area contributed by atoms with Crippen LogP contribution in [0.15, 0.2) is 42.5 Å². The van der Waals surface area contributed by atoms with E-state index in [0.29, 0.717) is 61.1 Å². The lowest BCUT2D eigenvalue weighted by molar-refractivity contribution is -0.117. The Labute approximate surface area is 198 Å². The zero-order valence-electron chi connectivity index (χ0n) is 18.1. The maximum atomic E-state index is 12.8. The number of ether oxygens (including phenoxy) is 1. The number of sulfonamides is 1. The van der Waals surface area contributed by atoms with Gasteiger partial charge in [0.2, 0.25) is 15.9 Å². The molecule has 0 bridgehead atoms. The molecule has 2 aliphatic heterocycles. The maximum Gasteiger partial charge on any atom is 0.251 e. The first kappa shape index (κ1) is 23.7. The highest BCUT2D eigenvalue weighted by Crippen LogP contribution is 2.30. The van der Waals surface area contributed by atoms with Crippen molar-refractivity contribution in [3.63, 3.8) is 0 Å². The third-order valence-electron chi connectivity index (χ3n) is 5.83. The zero-order chi connectivity index (χ0) is 23.4. The fourth-order valence-electron chi connectivity index (χ4n) is 4.02. The Kier molecular flexibility index (Phi) is 7.33. The number of rotatable bonds is 7. The molecule has 0 radical (unpaired) electrons. The average Bonchev–Trinajstić information content (AvgIpc) is 3.24. The molecule has 2 aromatic rings. The van der Waals surface area contributed by atoms with Crippen molar-refractivity contribution < 1.29 is 22.7 Å². The first-order valence-corrected chi connectivity index (χ1v) is 12.8. The van der Waals surface area contributed by atoms with E-state index in [9.17, 15) is 18.0 Å². The Bertz CT molecular complexity index is 1150. The monoisotopic (exact) mass is 491 g/mol. The summed E-state index contributed by atoms with van der Waals surface area (Å²) in [5.74, 6) is -0.475. The fraction of sp³-hybridized carbons (Fsp3) is 0.391. The second kappa shape index (κ2) is 10.2. The molecule has 2 aromatic carbocycles. The van der Waals surface area contributed by atoms with Gasteiger partial charge in [-0.05, 0) is 35.7 Å². The Hall–Kier alpha value is -2.46. The van der Waals surface area contributed by atoms with Gasteiger partial charge in [0.25, 0.3) is 5.91 Å². The van der Waals surface area contributed by atoms with E-state index in [1.54, 1.807) is 41.3 Å². The minimum absolute atomic E-state index is 0.00939. The van der Waals surface area contributed by atoms with Crippen molar-refractivity contribution in [3.05, 3.63) is 64.2 Å². The number of hydrogen-bond donors (Lipinski definition) is 1. The average molecular weight is 492 g/mol. The summed E-state index contributed by atoms with van der Waals surface area (Å²) in [7, 11) is -3.49. The minimum atomic E-state index is -3.49. The molecule has 0 aliphatic carbocycles. The molecule has 0 aromatic heterocycles. The van der Waals surface area contributed by atoms with E-state index < -0.39 is 10.0 Å². The van der Waals surface area contributed by atoms with E-state index in [1.807, 2.05) is 6.07 Å². The van der Waals surface area contributed by atoms with Gasteiger partial charge in [0, 0.05) is 38.2 Å². The van der Waals surface area contributed by atoms with Gasteiger partial charge in [0.15, 0.2) is 0 Å². The van der Waals surface area contributed by atoms with E-state index in [4.69, 9.17) is 16.3 Å². The van der Waals surface area contributed by atoms with Crippen LogP contribution in [0.5, 0.6) is 0 Å². The van der Waals surface area contributed by atoms with Crippen molar-refractivity contribution in [2.75, 3.05) is 37.7 Å². The summed E-state index contributed by atoms with van der Waals surface area (Å²) >= 11 is 6.27. The summed E-state index contributed by atoms with van der Waals surface area (Å²) in [6.45, 7) is 2.23. The van der Waals surface area contributed by atoms with Crippen LogP contribution in [0.2, 0.25) is 5.02 Å². The molecule has 0 saturated carbocycles. The van der Waals surface area contributed by atoms with Crippen LogP contribution in [0.3, 0.4) is 0 Å². The number of nitrogens with one attached hydrogen (secondary N) is 1. The molecule has 176 valence electrons. The topological polar surface area (TPSA) is 96.0 Å². The van der Waals surface area contributed by atoms with Gasteiger partial charge in [0.05, 0.1) is 29.7 Å². The molecule has 2 heterocycles. The molecule has 2 saturated heterocycles. The number of anilines is 1. The molecule has 0 atom stereocenters. The van der Waals surface area contributed by atoms with E-state index >= 15 is 0 Å². The molecular weight excluding hydrogens is 466 g/mol. The van der Waals surface area contributed by atoms with E-state index in [0.717, 1.165) is 12.0 Å². The second-order valence-electron chi connectivity index (χ2n) is 8.03. The quantitative estimate of drug-likeness (QED) is 0.642. The Morgan fingerprint density at radius 3 is 2.48 bits per heavy atom. The normalized spacial score (nSPS) is 17.4. The van der Waals surface area contributed by atoms with E-state index in [-0.39, 0.29) is 24.1 Å².